The minimum atomic E-state index is 0.150. The number of benzene rings is 1. The maximum absolute atomic E-state index is 5.26. The third-order valence-electron chi connectivity index (χ3n) is 2.11. The van der Waals surface area contributed by atoms with E-state index in [0.29, 0.717) is 0 Å². The number of hydrogen-bond acceptors (Lipinski definition) is 3. The zero-order valence-electron chi connectivity index (χ0n) is 9.96. The van der Waals surface area contributed by atoms with E-state index in [0.717, 1.165) is 16.0 Å². The van der Waals surface area contributed by atoms with E-state index >= 15 is 0 Å². The van der Waals surface area contributed by atoms with Crippen LogP contribution in [0.1, 0.15) is 16.0 Å². The molecule has 3 nitrogen and oxygen atoms in total. The molecule has 0 fully saturated rings. The Bertz CT molecular complexity index is 648. The second-order valence-corrected chi connectivity index (χ2v) is 4.97. The van der Waals surface area contributed by atoms with Gasteiger partial charge in [-0.3, -0.25) is 5.43 Å². The van der Waals surface area contributed by atoms with Crippen molar-refractivity contribution in [3.8, 4) is 11.8 Å². The summed E-state index contributed by atoms with van der Waals surface area (Å²) in [6, 6.07) is 11.8. The molecular formula is C14H11N3S2. The van der Waals surface area contributed by atoms with Crippen molar-refractivity contribution in [2.75, 3.05) is 0 Å². The van der Waals surface area contributed by atoms with Crippen molar-refractivity contribution in [3.05, 3.63) is 57.8 Å². The van der Waals surface area contributed by atoms with Crippen molar-refractivity contribution in [2.45, 2.75) is 0 Å². The lowest BCUT2D eigenvalue weighted by Gasteiger charge is -1.91. The lowest BCUT2D eigenvalue weighted by molar-refractivity contribution is 1.04. The van der Waals surface area contributed by atoms with E-state index in [-0.39, 0.29) is 5.11 Å². The van der Waals surface area contributed by atoms with Crippen molar-refractivity contribution in [3.63, 3.8) is 0 Å². The molecule has 0 aliphatic rings. The first-order valence-corrected chi connectivity index (χ1v) is 6.77. The molecule has 0 aliphatic heterocycles. The quantitative estimate of drug-likeness (QED) is 0.385. The molecule has 19 heavy (non-hydrogen) atoms. The monoisotopic (exact) mass is 285 g/mol. The van der Waals surface area contributed by atoms with Crippen molar-refractivity contribution in [2.24, 2.45) is 10.8 Å². The van der Waals surface area contributed by atoms with Gasteiger partial charge in [-0.05, 0) is 30.4 Å². The second-order valence-electron chi connectivity index (χ2n) is 3.59. The summed E-state index contributed by atoms with van der Waals surface area (Å²) in [6.45, 7) is 0. The number of thiophene rings is 1. The Morgan fingerprint density at radius 1 is 1.26 bits per heavy atom. The van der Waals surface area contributed by atoms with Gasteiger partial charge in [0.2, 0.25) is 0 Å². The molecular weight excluding hydrogens is 274 g/mol. The minimum Gasteiger partial charge on any atom is -0.375 e. The Labute approximate surface area is 121 Å². The van der Waals surface area contributed by atoms with E-state index in [4.69, 9.17) is 5.73 Å². The predicted octanol–water partition coefficient (Wildman–Crippen LogP) is 2.32. The van der Waals surface area contributed by atoms with E-state index in [1.165, 1.54) is 0 Å². The maximum atomic E-state index is 5.26. The summed E-state index contributed by atoms with van der Waals surface area (Å²) in [5.74, 6) is 6.21. The van der Waals surface area contributed by atoms with Crippen LogP contribution in [0, 0.1) is 11.8 Å². The number of hydrogen-bond donors (Lipinski definition) is 2. The Morgan fingerprint density at radius 2 is 2.00 bits per heavy atom. The first-order valence-electron chi connectivity index (χ1n) is 5.48. The van der Waals surface area contributed by atoms with Crippen LogP contribution in [-0.4, -0.2) is 11.3 Å². The van der Waals surface area contributed by atoms with Crippen LogP contribution in [0.15, 0.2) is 46.9 Å². The van der Waals surface area contributed by atoms with E-state index < -0.39 is 0 Å². The number of thiocarbonyl (C=S) groups is 1. The first-order chi connectivity index (χ1) is 9.24. The molecule has 1 aromatic heterocycles. The summed E-state index contributed by atoms with van der Waals surface area (Å²) in [6.07, 6.45) is 1.66. The van der Waals surface area contributed by atoms with Gasteiger partial charge in [-0.25, -0.2) is 0 Å². The lowest BCUT2D eigenvalue weighted by Crippen LogP contribution is -2.23. The van der Waals surface area contributed by atoms with Crippen molar-refractivity contribution in [1.29, 1.82) is 0 Å². The fraction of sp³-hybridized carbons (Fsp3) is 0. The highest BCUT2D eigenvalue weighted by molar-refractivity contribution is 7.80. The van der Waals surface area contributed by atoms with Crippen LogP contribution in [0.2, 0.25) is 0 Å². The van der Waals surface area contributed by atoms with Gasteiger partial charge >= 0.3 is 0 Å². The normalized spacial score (nSPS) is 9.89. The highest BCUT2D eigenvalue weighted by Gasteiger charge is 1.94. The largest absolute Gasteiger partial charge is 0.375 e. The molecule has 1 aromatic carbocycles. The van der Waals surface area contributed by atoms with Crippen molar-refractivity contribution < 1.29 is 0 Å². The van der Waals surface area contributed by atoms with Crippen LogP contribution in [0.5, 0.6) is 0 Å². The second kappa shape index (κ2) is 6.69. The van der Waals surface area contributed by atoms with Gasteiger partial charge < -0.3 is 5.73 Å². The topological polar surface area (TPSA) is 50.4 Å². The SMILES string of the molecule is NC(=S)N/N=C/c1cc(C#Cc2ccccc2)cs1. The third kappa shape index (κ3) is 4.54. The smallest absolute Gasteiger partial charge is 0.184 e. The summed E-state index contributed by atoms with van der Waals surface area (Å²) in [4.78, 5) is 0.987. The van der Waals surface area contributed by atoms with Gasteiger partial charge in [-0.15, -0.1) is 11.3 Å². The van der Waals surface area contributed by atoms with Crippen LogP contribution in [0.4, 0.5) is 0 Å². The van der Waals surface area contributed by atoms with Crippen molar-refractivity contribution in [1.82, 2.24) is 5.43 Å². The summed E-state index contributed by atoms with van der Waals surface area (Å²) in [5, 5.41) is 6.03. The molecule has 0 saturated carbocycles. The number of hydrazone groups is 1. The van der Waals surface area contributed by atoms with E-state index in [1.807, 2.05) is 41.8 Å². The highest BCUT2D eigenvalue weighted by atomic mass is 32.1. The zero-order chi connectivity index (χ0) is 13.5. The Balaban J connectivity index is 2.04. The lowest BCUT2D eigenvalue weighted by atomic mass is 10.2. The van der Waals surface area contributed by atoms with Gasteiger partial charge in [0.05, 0.1) is 6.21 Å². The molecule has 2 rings (SSSR count). The summed E-state index contributed by atoms with van der Waals surface area (Å²) >= 11 is 6.21. The minimum absolute atomic E-state index is 0.150. The van der Waals surface area contributed by atoms with Crippen LogP contribution >= 0.6 is 23.6 Å². The maximum Gasteiger partial charge on any atom is 0.184 e. The fourth-order valence-electron chi connectivity index (χ4n) is 1.31. The predicted molar refractivity (Wildman–Crippen MR) is 84.3 cm³/mol. The van der Waals surface area contributed by atoms with E-state index in [2.05, 4.69) is 34.6 Å². The van der Waals surface area contributed by atoms with Gasteiger partial charge in [-0.1, -0.05) is 30.0 Å². The van der Waals surface area contributed by atoms with Crippen LogP contribution in [-0.2, 0) is 0 Å². The van der Waals surface area contributed by atoms with Gasteiger partial charge in [0.1, 0.15) is 0 Å². The molecule has 5 heteroatoms. The molecule has 0 spiro atoms. The summed E-state index contributed by atoms with van der Waals surface area (Å²) < 4.78 is 0. The summed E-state index contributed by atoms with van der Waals surface area (Å²) in [7, 11) is 0. The van der Waals surface area contributed by atoms with Gasteiger partial charge in [0, 0.05) is 21.4 Å². The Kier molecular flexibility index (Phi) is 4.67. The van der Waals surface area contributed by atoms with Gasteiger partial charge in [-0.2, -0.15) is 5.10 Å². The highest BCUT2D eigenvalue weighted by Crippen LogP contribution is 2.11. The fourth-order valence-corrected chi connectivity index (χ4v) is 2.06. The third-order valence-corrected chi connectivity index (χ3v) is 3.07. The standard InChI is InChI=1S/C14H11N3S2/c15-14(18)17-16-9-13-8-12(10-19-13)7-6-11-4-2-1-3-5-11/h1-5,8-10H,(H3,15,17,18)/b16-9+. The van der Waals surface area contributed by atoms with Gasteiger partial charge in [0.25, 0.3) is 0 Å². The molecule has 0 saturated heterocycles. The number of rotatable bonds is 2. The molecule has 94 valence electrons. The average molecular weight is 285 g/mol. The average Bonchev–Trinajstić information content (AvgIpc) is 2.85. The number of nitrogens with two attached hydrogens (primary N) is 1. The van der Waals surface area contributed by atoms with Crippen LogP contribution in [0.3, 0.4) is 0 Å². The molecule has 0 aliphatic carbocycles. The Morgan fingerprint density at radius 3 is 2.74 bits per heavy atom. The Hall–Kier alpha value is -2.16. The molecule has 0 amide bonds. The first kappa shape index (κ1) is 13.3. The van der Waals surface area contributed by atoms with E-state index in [1.54, 1.807) is 17.6 Å². The number of nitrogens with zero attached hydrogens (tertiary/aromatic N) is 1. The molecule has 2 aromatic rings. The molecule has 0 unspecified atom stereocenters. The van der Waals surface area contributed by atoms with Crippen LogP contribution in [0.25, 0.3) is 0 Å². The molecule has 1 heterocycles. The van der Waals surface area contributed by atoms with Crippen LogP contribution < -0.4 is 11.2 Å². The molecule has 0 bridgehead atoms. The summed E-state index contributed by atoms with van der Waals surface area (Å²) in [5.41, 5.74) is 9.73. The van der Waals surface area contributed by atoms with E-state index in [9.17, 15) is 0 Å². The molecule has 0 radical (unpaired) electrons. The molecule has 3 N–H and O–H groups in total. The zero-order valence-corrected chi connectivity index (χ0v) is 11.6. The number of nitrogens with one attached hydrogen (secondary N) is 1. The van der Waals surface area contributed by atoms with Crippen molar-refractivity contribution >= 4 is 34.9 Å². The molecule has 0 atom stereocenters. The van der Waals surface area contributed by atoms with Gasteiger partial charge in [0.15, 0.2) is 5.11 Å².